The van der Waals surface area contributed by atoms with Crippen molar-refractivity contribution in [3.05, 3.63) is 93.4 Å². The smallest absolute Gasteiger partial charge is 0.240 e. The van der Waals surface area contributed by atoms with E-state index in [0.29, 0.717) is 26.5 Å². The van der Waals surface area contributed by atoms with Crippen LogP contribution >= 0.6 is 27.5 Å². The number of Topliss-reactive ketones (excluding diaryl/α,β-unsaturated/α-hetero) is 1. The Balaban J connectivity index is 1.50. The lowest BCUT2D eigenvalue weighted by Gasteiger charge is -2.36. The van der Waals surface area contributed by atoms with E-state index in [4.69, 9.17) is 16.3 Å². The Kier molecular flexibility index (Phi) is 5.50. The molecule has 6 nitrogen and oxygen atoms in total. The highest BCUT2D eigenvalue weighted by molar-refractivity contribution is 9.10. The molecule has 0 spiro atoms. The lowest BCUT2D eigenvalue weighted by Crippen LogP contribution is -2.48. The number of para-hydroxylation sites is 2. The second-order valence-electron chi connectivity index (χ2n) is 8.99. The van der Waals surface area contributed by atoms with Crippen LogP contribution in [-0.2, 0) is 9.59 Å². The maximum absolute atomic E-state index is 14.1. The Morgan fingerprint density at radius 1 is 0.944 bits per heavy atom. The standard InChI is InChI=1S/C28H20BrClN2O4/c1-36-22-13-11-16(14-17(22)29)26(33)25-24-23(21-12-10-15-6-2-4-8-19(15)31(21)25)27(34)32(28(24)35)20-9-5-3-7-18(20)30/h2-14,21,23-25H,1H3/t21-,23-,24+,25-/m0/s1. The SMILES string of the molecule is COc1ccc(C(=O)[C@@H]2[C@@H]3C(=O)N(c4ccccc4Cl)C(=O)[C@H]3[C@@H]3C=Cc4ccccc4N23)cc1Br. The van der Waals surface area contributed by atoms with Gasteiger partial charge in [0.05, 0.1) is 40.2 Å². The monoisotopic (exact) mass is 562 g/mol. The van der Waals surface area contributed by atoms with Crippen molar-refractivity contribution in [2.75, 3.05) is 16.9 Å². The van der Waals surface area contributed by atoms with E-state index in [0.717, 1.165) is 16.2 Å². The van der Waals surface area contributed by atoms with Crippen molar-refractivity contribution in [2.24, 2.45) is 11.8 Å². The molecule has 0 bridgehead atoms. The summed E-state index contributed by atoms with van der Waals surface area (Å²) in [6, 6.07) is 18.3. The van der Waals surface area contributed by atoms with E-state index in [1.807, 2.05) is 41.3 Å². The molecule has 180 valence electrons. The molecule has 0 N–H and O–H groups in total. The lowest BCUT2D eigenvalue weighted by molar-refractivity contribution is -0.122. The van der Waals surface area contributed by atoms with E-state index in [9.17, 15) is 14.4 Å². The topological polar surface area (TPSA) is 66.9 Å². The van der Waals surface area contributed by atoms with Gasteiger partial charge in [-0.15, -0.1) is 0 Å². The molecule has 2 fully saturated rings. The van der Waals surface area contributed by atoms with E-state index in [1.54, 1.807) is 49.6 Å². The zero-order chi connectivity index (χ0) is 25.1. The van der Waals surface area contributed by atoms with Gasteiger partial charge in [-0.2, -0.15) is 0 Å². The van der Waals surface area contributed by atoms with Crippen LogP contribution in [0.25, 0.3) is 6.08 Å². The minimum Gasteiger partial charge on any atom is -0.496 e. The molecule has 0 radical (unpaired) electrons. The molecule has 4 atom stereocenters. The molecule has 3 heterocycles. The highest BCUT2D eigenvalue weighted by Gasteiger charge is 2.64. The van der Waals surface area contributed by atoms with Gasteiger partial charge in [0.15, 0.2) is 5.78 Å². The number of nitrogens with zero attached hydrogens (tertiary/aromatic N) is 2. The zero-order valence-electron chi connectivity index (χ0n) is 19.1. The number of halogens is 2. The van der Waals surface area contributed by atoms with Crippen LogP contribution in [0.3, 0.4) is 0 Å². The third-order valence-corrected chi connectivity index (χ3v) is 8.15. The molecule has 8 heteroatoms. The number of methoxy groups -OCH3 is 1. The van der Waals surface area contributed by atoms with Crippen LogP contribution in [0.15, 0.2) is 77.3 Å². The molecule has 0 unspecified atom stereocenters. The van der Waals surface area contributed by atoms with Crippen molar-refractivity contribution in [2.45, 2.75) is 12.1 Å². The number of amides is 2. The number of imide groups is 1. The molecule has 2 saturated heterocycles. The third kappa shape index (κ3) is 3.26. The largest absolute Gasteiger partial charge is 0.496 e. The normalized spacial score (nSPS) is 24.0. The summed E-state index contributed by atoms with van der Waals surface area (Å²) in [5.74, 6) is -1.97. The van der Waals surface area contributed by atoms with Crippen LogP contribution in [0.2, 0.25) is 5.02 Å². The minimum absolute atomic E-state index is 0.233. The van der Waals surface area contributed by atoms with E-state index in [2.05, 4.69) is 15.9 Å². The lowest BCUT2D eigenvalue weighted by atomic mass is 9.86. The van der Waals surface area contributed by atoms with Crippen molar-refractivity contribution in [1.29, 1.82) is 0 Å². The summed E-state index contributed by atoms with van der Waals surface area (Å²) >= 11 is 9.84. The van der Waals surface area contributed by atoms with Crippen LogP contribution in [0, 0.1) is 11.8 Å². The first-order valence-electron chi connectivity index (χ1n) is 11.5. The number of hydrogen-bond acceptors (Lipinski definition) is 5. The van der Waals surface area contributed by atoms with Crippen molar-refractivity contribution in [1.82, 2.24) is 0 Å². The average Bonchev–Trinajstić information content (AvgIpc) is 3.36. The van der Waals surface area contributed by atoms with Gasteiger partial charge in [-0.25, -0.2) is 4.90 Å². The van der Waals surface area contributed by atoms with Gasteiger partial charge in [0.2, 0.25) is 11.8 Å². The molecular formula is C28H20BrClN2O4. The Morgan fingerprint density at radius 3 is 2.36 bits per heavy atom. The predicted molar refractivity (Wildman–Crippen MR) is 141 cm³/mol. The van der Waals surface area contributed by atoms with Crippen LogP contribution in [0.4, 0.5) is 11.4 Å². The number of benzene rings is 3. The van der Waals surface area contributed by atoms with E-state index >= 15 is 0 Å². The average molecular weight is 564 g/mol. The zero-order valence-corrected chi connectivity index (χ0v) is 21.4. The first-order valence-corrected chi connectivity index (χ1v) is 12.6. The van der Waals surface area contributed by atoms with Crippen molar-refractivity contribution in [3.8, 4) is 5.75 Å². The summed E-state index contributed by atoms with van der Waals surface area (Å²) in [7, 11) is 1.55. The second-order valence-corrected chi connectivity index (χ2v) is 10.3. The first-order chi connectivity index (χ1) is 17.4. The summed E-state index contributed by atoms with van der Waals surface area (Å²) in [4.78, 5) is 45.0. The summed E-state index contributed by atoms with van der Waals surface area (Å²) in [6.45, 7) is 0. The predicted octanol–water partition coefficient (Wildman–Crippen LogP) is 5.38. The molecule has 0 aromatic heterocycles. The fourth-order valence-electron chi connectivity index (χ4n) is 5.67. The molecule has 36 heavy (non-hydrogen) atoms. The Hall–Kier alpha value is -3.42. The number of rotatable bonds is 4. The van der Waals surface area contributed by atoms with E-state index in [1.165, 1.54) is 0 Å². The third-order valence-electron chi connectivity index (χ3n) is 7.21. The Bertz CT molecular complexity index is 1470. The number of anilines is 2. The molecule has 2 amide bonds. The number of carbonyl (C=O) groups excluding carboxylic acids is 3. The molecule has 0 saturated carbocycles. The summed E-state index contributed by atoms with van der Waals surface area (Å²) in [6.07, 6.45) is 3.89. The van der Waals surface area contributed by atoms with E-state index < -0.39 is 29.8 Å². The van der Waals surface area contributed by atoms with Gasteiger partial charge in [0.1, 0.15) is 11.8 Å². The number of ketones is 1. The number of carbonyl (C=O) groups is 3. The van der Waals surface area contributed by atoms with Crippen molar-refractivity contribution < 1.29 is 19.1 Å². The molecule has 3 aliphatic heterocycles. The summed E-state index contributed by atoms with van der Waals surface area (Å²) in [5, 5.41) is 0.308. The van der Waals surface area contributed by atoms with Crippen LogP contribution in [-0.4, -0.2) is 36.8 Å². The molecule has 3 aromatic rings. The van der Waals surface area contributed by atoms with Gasteiger partial charge in [0, 0.05) is 11.3 Å². The highest BCUT2D eigenvalue weighted by Crippen LogP contribution is 2.50. The first kappa shape index (κ1) is 23.0. The number of ether oxygens (including phenoxy) is 1. The van der Waals surface area contributed by atoms with Crippen molar-refractivity contribution in [3.63, 3.8) is 0 Å². The fraction of sp³-hybridized carbons (Fsp3) is 0.179. The summed E-state index contributed by atoms with van der Waals surface area (Å²) in [5.41, 5.74) is 2.53. The van der Waals surface area contributed by atoms with Gasteiger partial charge in [0.25, 0.3) is 0 Å². The van der Waals surface area contributed by atoms with Crippen LogP contribution in [0.5, 0.6) is 5.75 Å². The maximum atomic E-state index is 14.1. The van der Waals surface area contributed by atoms with Crippen molar-refractivity contribution >= 4 is 62.6 Å². The van der Waals surface area contributed by atoms with Gasteiger partial charge in [-0.1, -0.05) is 54.1 Å². The van der Waals surface area contributed by atoms with Gasteiger partial charge < -0.3 is 9.64 Å². The van der Waals surface area contributed by atoms with Crippen LogP contribution < -0.4 is 14.5 Å². The minimum atomic E-state index is -0.865. The molecule has 3 aromatic carbocycles. The molecule has 6 rings (SSSR count). The molecular weight excluding hydrogens is 544 g/mol. The fourth-order valence-corrected chi connectivity index (χ4v) is 6.44. The Morgan fingerprint density at radius 2 is 1.64 bits per heavy atom. The van der Waals surface area contributed by atoms with Gasteiger partial charge in [-0.05, 0) is 57.9 Å². The Labute approximate surface area is 221 Å². The molecule has 0 aliphatic carbocycles. The highest BCUT2D eigenvalue weighted by atomic mass is 79.9. The molecule has 3 aliphatic rings. The van der Waals surface area contributed by atoms with Gasteiger partial charge in [-0.3, -0.25) is 14.4 Å². The number of fused-ring (bicyclic) bond motifs is 5. The van der Waals surface area contributed by atoms with E-state index in [-0.39, 0.29) is 11.7 Å². The number of hydrogen-bond donors (Lipinski definition) is 0. The summed E-state index contributed by atoms with van der Waals surface area (Å²) < 4.78 is 5.95. The maximum Gasteiger partial charge on any atom is 0.240 e. The second kappa shape index (κ2) is 8.61. The van der Waals surface area contributed by atoms with Crippen LogP contribution in [0.1, 0.15) is 15.9 Å². The van der Waals surface area contributed by atoms with Gasteiger partial charge >= 0.3 is 0 Å². The quantitative estimate of drug-likeness (QED) is 0.315.